The van der Waals surface area contributed by atoms with E-state index in [-0.39, 0.29) is 12.5 Å². The molecule has 2 N–H and O–H groups in total. The third-order valence-corrected chi connectivity index (χ3v) is 2.50. The number of aromatic nitrogens is 3. The molecule has 94 valence electrons. The second kappa shape index (κ2) is 5.92. The summed E-state index contributed by atoms with van der Waals surface area (Å²) in [5.74, 6) is -0.119. The molecular weight excluding hydrogens is 232 g/mol. The van der Waals surface area contributed by atoms with Crippen molar-refractivity contribution in [3.63, 3.8) is 0 Å². The summed E-state index contributed by atoms with van der Waals surface area (Å²) in [6.45, 7) is 0.382. The van der Waals surface area contributed by atoms with Crippen molar-refractivity contribution in [1.82, 2.24) is 15.0 Å². The number of rotatable bonds is 5. The van der Waals surface area contributed by atoms with Crippen molar-refractivity contribution < 1.29 is 9.90 Å². The van der Waals surface area contributed by atoms with Crippen molar-refractivity contribution in [2.24, 2.45) is 0 Å². The van der Waals surface area contributed by atoms with E-state index in [9.17, 15) is 4.79 Å². The van der Waals surface area contributed by atoms with E-state index in [1.54, 1.807) is 29.2 Å². The van der Waals surface area contributed by atoms with E-state index in [4.69, 9.17) is 5.11 Å². The number of hydrogen-bond donors (Lipinski definition) is 2. The van der Waals surface area contributed by atoms with Crippen LogP contribution in [0, 0.1) is 0 Å². The summed E-state index contributed by atoms with van der Waals surface area (Å²) in [7, 11) is 0. The van der Waals surface area contributed by atoms with Crippen molar-refractivity contribution in [2.75, 3.05) is 5.32 Å². The molecule has 0 saturated carbocycles. The van der Waals surface area contributed by atoms with Crippen LogP contribution in [0.25, 0.3) is 0 Å². The molecule has 2 rings (SSSR count). The average Bonchev–Trinajstić information content (AvgIpc) is 2.90. The number of aliphatic hydroxyl groups excluding tert-OH is 1. The fourth-order valence-electron chi connectivity index (χ4n) is 1.56. The first kappa shape index (κ1) is 12.3. The maximum absolute atomic E-state index is 11.7. The summed E-state index contributed by atoms with van der Waals surface area (Å²) in [4.78, 5) is 11.7. The highest BCUT2D eigenvalue weighted by molar-refractivity contribution is 5.91. The van der Waals surface area contributed by atoms with Gasteiger partial charge in [-0.2, -0.15) is 0 Å². The predicted octanol–water partition coefficient (Wildman–Crippen LogP) is 0.799. The zero-order valence-electron chi connectivity index (χ0n) is 9.78. The minimum atomic E-state index is -0.119. The molecule has 1 aromatic carbocycles. The van der Waals surface area contributed by atoms with Crippen molar-refractivity contribution in [3.8, 4) is 0 Å². The van der Waals surface area contributed by atoms with Crippen LogP contribution in [0.1, 0.15) is 12.0 Å². The number of carbonyl (C=O) groups excluding carboxylic acids is 1. The molecule has 0 bridgehead atoms. The lowest BCUT2D eigenvalue weighted by molar-refractivity contribution is -0.116. The van der Waals surface area contributed by atoms with E-state index >= 15 is 0 Å². The average molecular weight is 246 g/mol. The molecule has 0 atom stereocenters. The van der Waals surface area contributed by atoms with Crippen LogP contribution in [0.3, 0.4) is 0 Å². The number of hydrogen-bond acceptors (Lipinski definition) is 4. The first-order valence-electron chi connectivity index (χ1n) is 5.62. The molecule has 1 aromatic heterocycles. The van der Waals surface area contributed by atoms with Crippen LogP contribution in [-0.4, -0.2) is 26.0 Å². The predicted molar refractivity (Wildman–Crippen MR) is 65.6 cm³/mol. The van der Waals surface area contributed by atoms with Gasteiger partial charge in [0.2, 0.25) is 5.91 Å². The lowest BCUT2D eigenvalue weighted by atomic mass is 10.2. The van der Waals surface area contributed by atoms with E-state index in [2.05, 4.69) is 15.6 Å². The third kappa shape index (κ3) is 3.14. The van der Waals surface area contributed by atoms with E-state index in [0.717, 1.165) is 0 Å². The molecule has 18 heavy (non-hydrogen) atoms. The van der Waals surface area contributed by atoms with Gasteiger partial charge in [-0.05, 0) is 6.07 Å². The van der Waals surface area contributed by atoms with Gasteiger partial charge in [-0.3, -0.25) is 9.48 Å². The molecule has 1 heterocycles. The first-order chi connectivity index (χ1) is 8.79. The molecule has 6 heteroatoms. The van der Waals surface area contributed by atoms with E-state index in [0.29, 0.717) is 24.2 Å². The molecule has 0 aliphatic carbocycles. The molecule has 6 nitrogen and oxygen atoms in total. The molecule has 0 fully saturated rings. The number of nitrogens with zero attached hydrogens (tertiary/aromatic N) is 3. The Morgan fingerprint density at radius 2 is 2.22 bits per heavy atom. The van der Waals surface area contributed by atoms with Gasteiger partial charge in [0.15, 0.2) is 0 Å². The van der Waals surface area contributed by atoms with E-state index < -0.39 is 0 Å². The Hall–Kier alpha value is -2.21. The number of benzene rings is 1. The van der Waals surface area contributed by atoms with Gasteiger partial charge in [0.05, 0.1) is 19.3 Å². The Kier molecular flexibility index (Phi) is 4.03. The normalized spacial score (nSPS) is 10.3. The Bertz CT molecular complexity index is 511. The van der Waals surface area contributed by atoms with Crippen LogP contribution in [-0.2, 0) is 17.9 Å². The number of aliphatic hydroxyl groups is 1. The van der Waals surface area contributed by atoms with Crippen molar-refractivity contribution in [1.29, 1.82) is 0 Å². The van der Waals surface area contributed by atoms with Crippen LogP contribution in [0.2, 0.25) is 0 Å². The minimum Gasteiger partial charge on any atom is -0.392 e. The maximum Gasteiger partial charge on any atom is 0.226 e. The zero-order valence-corrected chi connectivity index (χ0v) is 9.78. The van der Waals surface area contributed by atoms with Gasteiger partial charge in [-0.1, -0.05) is 23.4 Å². The van der Waals surface area contributed by atoms with Gasteiger partial charge in [0, 0.05) is 23.9 Å². The van der Waals surface area contributed by atoms with Crippen LogP contribution < -0.4 is 5.32 Å². The maximum atomic E-state index is 11.7. The molecule has 0 spiro atoms. The van der Waals surface area contributed by atoms with Crippen LogP contribution in [0.4, 0.5) is 5.69 Å². The van der Waals surface area contributed by atoms with Crippen LogP contribution in [0.5, 0.6) is 0 Å². The summed E-state index contributed by atoms with van der Waals surface area (Å²) in [6, 6.07) is 7.16. The Morgan fingerprint density at radius 3 is 2.94 bits per heavy atom. The molecule has 0 aliphatic rings. The summed E-state index contributed by atoms with van der Waals surface area (Å²) < 4.78 is 1.59. The summed E-state index contributed by atoms with van der Waals surface area (Å²) >= 11 is 0. The number of para-hydroxylation sites is 1. The van der Waals surface area contributed by atoms with Crippen LogP contribution >= 0.6 is 0 Å². The smallest absolute Gasteiger partial charge is 0.226 e. The zero-order chi connectivity index (χ0) is 12.8. The van der Waals surface area contributed by atoms with Gasteiger partial charge < -0.3 is 10.4 Å². The number of amides is 1. The molecule has 2 aromatic rings. The minimum absolute atomic E-state index is 0.0977. The fourth-order valence-corrected chi connectivity index (χ4v) is 1.56. The highest BCUT2D eigenvalue weighted by Gasteiger charge is 2.06. The number of aryl methyl sites for hydroxylation is 1. The Labute approximate surface area is 104 Å². The summed E-state index contributed by atoms with van der Waals surface area (Å²) in [5.41, 5.74) is 1.34. The first-order valence-corrected chi connectivity index (χ1v) is 5.62. The molecule has 1 amide bonds. The fraction of sp³-hybridized carbons (Fsp3) is 0.250. The molecular formula is C12H14N4O2. The second-order valence-corrected chi connectivity index (χ2v) is 3.78. The van der Waals surface area contributed by atoms with Crippen molar-refractivity contribution in [3.05, 3.63) is 42.2 Å². The number of anilines is 1. The molecule has 0 saturated heterocycles. The molecule has 0 radical (unpaired) electrons. The van der Waals surface area contributed by atoms with Crippen molar-refractivity contribution >= 4 is 11.6 Å². The SMILES string of the molecule is O=C(CCn1ccnn1)Nc1ccccc1CO. The quantitative estimate of drug-likeness (QED) is 0.817. The topological polar surface area (TPSA) is 80.0 Å². The lowest BCUT2D eigenvalue weighted by Gasteiger charge is -2.09. The van der Waals surface area contributed by atoms with Gasteiger partial charge in [0.1, 0.15) is 0 Å². The molecule has 0 unspecified atom stereocenters. The standard InChI is InChI=1S/C12H14N4O2/c17-9-10-3-1-2-4-11(10)14-12(18)5-7-16-8-6-13-15-16/h1-4,6,8,17H,5,7,9H2,(H,14,18). The molecule has 0 aliphatic heterocycles. The Balaban J connectivity index is 1.90. The number of nitrogens with one attached hydrogen (secondary N) is 1. The summed E-state index contributed by atoms with van der Waals surface area (Å²) in [6.07, 6.45) is 3.58. The largest absolute Gasteiger partial charge is 0.392 e. The lowest BCUT2D eigenvalue weighted by Crippen LogP contribution is -2.15. The van der Waals surface area contributed by atoms with Gasteiger partial charge in [-0.15, -0.1) is 5.10 Å². The van der Waals surface area contributed by atoms with E-state index in [1.807, 2.05) is 12.1 Å². The highest BCUT2D eigenvalue weighted by atomic mass is 16.3. The van der Waals surface area contributed by atoms with Crippen molar-refractivity contribution in [2.45, 2.75) is 19.6 Å². The Morgan fingerprint density at radius 1 is 1.39 bits per heavy atom. The highest BCUT2D eigenvalue weighted by Crippen LogP contribution is 2.14. The summed E-state index contributed by atoms with van der Waals surface area (Å²) in [5, 5.41) is 19.3. The van der Waals surface area contributed by atoms with Gasteiger partial charge in [0.25, 0.3) is 0 Å². The second-order valence-electron chi connectivity index (χ2n) is 3.78. The van der Waals surface area contributed by atoms with Crippen LogP contribution in [0.15, 0.2) is 36.7 Å². The van der Waals surface area contributed by atoms with E-state index in [1.165, 1.54) is 0 Å². The van der Waals surface area contributed by atoms with Gasteiger partial charge in [-0.25, -0.2) is 0 Å². The monoisotopic (exact) mass is 246 g/mol. The van der Waals surface area contributed by atoms with Gasteiger partial charge >= 0.3 is 0 Å². The number of carbonyl (C=O) groups is 1. The third-order valence-electron chi connectivity index (χ3n) is 2.50.